The molecule has 1 aromatic carbocycles. The Morgan fingerprint density at radius 2 is 1.52 bits per heavy atom. The van der Waals surface area contributed by atoms with E-state index >= 15 is 0 Å². The van der Waals surface area contributed by atoms with E-state index in [4.69, 9.17) is 0 Å². The first kappa shape index (κ1) is 19.7. The molecule has 0 unspecified atom stereocenters. The maximum atomic E-state index is 13.8. The van der Waals surface area contributed by atoms with Crippen LogP contribution in [0.4, 0.5) is 22.0 Å². The van der Waals surface area contributed by atoms with Gasteiger partial charge in [0.15, 0.2) is 23.3 Å². The third kappa shape index (κ3) is 4.49. The average Bonchev–Trinajstić information content (AvgIpc) is 3.49. The lowest BCUT2D eigenvalue weighted by Crippen LogP contribution is -2.19. The molecule has 0 spiro atoms. The third-order valence-electron chi connectivity index (χ3n) is 3.38. The molecule has 0 aliphatic heterocycles. The van der Waals surface area contributed by atoms with Crippen molar-refractivity contribution in [3.05, 3.63) is 59.2 Å². The van der Waals surface area contributed by atoms with E-state index in [-0.39, 0.29) is 12.6 Å². The summed E-state index contributed by atoms with van der Waals surface area (Å²) in [5.41, 5.74) is 0.649. The fraction of sp³-hybridized carbons (Fsp3) is 0.353. The summed E-state index contributed by atoms with van der Waals surface area (Å²) in [6, 6.07) is 5.24. The van der Waals surface area contributed by atoms with Gasteiger partial charge in [-0.15, -0.1) is 0 Å². The molecule has 0 N–H and O–H groups in total. The molecule has 1 heterocycles. The van der Waals surface area contributed by atoms with Crippen LogP contribution in [0, 0.1) is 29.1 Å². The van der Waals surface area contributed by atoms with Crippen LogP contribution >= 0.6 is 11.9 Å². The van der Waals surface area contributed by atoms with Crippen molar-refractivity contribution in [3.63, 3.8) is 0 Å². The fourth-order valence-corrected chi connectivity index (χ4v) is 3.16. The van der Waals surface area contributed by atoms with Crippen LogP contribution in [0.2, 0.25) is 0 Å². The Bertz CT molecular complexity index is 694. The number of rotatable bonds is 5. The lowest BCUT2D eigenvalue weighted by Gasteiger charge is -2.21. The summed E-state index contributed by atoms with van der Waals surface area (Å²) in [6.07, 6.45) is 3.17. The van der Waals surface area contributed by atoms with Crippen molar-refractivity contribution in [1.82, 2.24) is 9.29 Å². The van der Waals surface area contributed by atoms with E-state index in [0.717, 1.165) is 12.8 Å². The molecule has 0 atom stereocenters. The van der Waals surface area contributed by atoms with Gasteiger partial charge in [0, 0.05) is 12.2 Å². The smallest absolute Gasteiger partial charge is 0.200 e. The molecule has 1 saturated carbocycles. The van der Waals surface area contributed by atoms with E-state index in [1.807, 2.05) is 13.8 Å². The van der Waals surface area contributed by atoms with Crippen LogP contribution in [0.15, 0.2) is 29.3 Å². The van der Waals surface area contributed by atoms with Gasteiger partial charge in [-0.1, -0.05) is 19.9 Å². The standard InChI is InChI=1S/C15H11F5N2S.C2H6/c16-10-11(17)13(19)15(14(20)12(10)18)23-22(9-4-5-9)7-8-3-1-2-6-21-8;1-2/h1-3,6,9H,4-5,7H2;1-2H3. The summed E-state index contributed by atoms with van der Waals surface area (Å²) in [5, 5.41) is 0. The zero-order chi connectivity index (χ0) is 18.6. The number of hydrogen-bond acceptors (Lipinski definition) is 3. The quantitative estimate of drug-likeness (QED) is 0.298. The van der Waals surface area contributed by atoms with Gasteiger partial charge in [-0.25, -0.2) is 26.3 Å². The molecule has 2 nitrogen and oxygen atoms in total. The van der Waals surface area contributed by atoms with Gasteiger partial charge in [-0.05, 0) is 36.9 Å². The van der Waals surface area contributed by atoms with Crippen molar-refractivity contribution in [1.29, 1.82) is 0 Å². The van der Waals surface area contributed by atoms with Crippen molar-refractivity contribution < 1.29 is 22.0 Å². The van der Waals surface area contributed by atoms with Crippen molar-refractivity contribution in [3.8, 4) is 0 Å². The Morgan fingerprint density at radius 1 is 0.960 bits per heavy atom. The first-order valence-corrected chi connectivity index (χ1v) is 8.62. The first-order valence-electron chi connectivity index (χ1n) is 7.85. The normalized spacial score (nSPS) is 13.6. The van der Waals surface area contributed by atoms with Crippen LogP contribution in [-0.4, -0.2) is 15.3 Å². The molecule has 1 aliphatic rings. The second kappa shape index (κ2) is 8.62. The number of hydrogen-bond donors (Lipinski definition) is 0. The second-order valence-corrected chi connectivity index (χ2v) is 6.18. The van der Waals surface area contributed by atoms with Crippen LogP contribution in [0.1, 0.15) is 32.4 Å². The number of halogens is 5. The summed E-state index contributed by atoms with van der Waals surface area (Å²) in [5.74, 6) is -9.62. The van der Waals surface area contributed by atoms with Gasteiger partial charge < -0.3 is 0 Å². The van der Waals surface area contributed by atoms with Crippen LogP contribution < -0.4 is 0 Å². The maximum Gasteiger partial charge on any atom is 0.200 e. The molecule has 0 bridgehead atoms. The van der Waals surface area contributed by atoms with E-state index in [1.165, 1.54) is 0 Å². The molecule has 1 fully saturated rings. The highest BCUT2D eigenvalue weighted by atomic mass is 32.2. The minimum atomic E-state index is -2.15. The maximum absolute atomic E-state index is 13.8. The van der Waals surface area contributed by atoms with Crippen molar-refractivity contribution in [2.24, 2.45) is 0 Å². The Kier molecular flexibility index (Phi) is 6.78. The van der Waals surface area contributed by atoms with Gasteiger partial charge in [0.25, 0.3) is 0 Å². The molecule has 136 valence electrons. The molecule has 0 saturated heterocycles. The lowest BCUT2D eigenvalue weighted by molar-refractivity contribution is 0.358. The molecular formula is C17H17F5N2S. The zero-order valence-electron chi connectivity index (χ0n) is 13.7. The molecule has 1 aliphatic carbocycles. The summed E-state index contributed by atoms with van der Waals surface area (Å²) in [7, 11) is 0. The molecule has 0 radical (unpaired) electrons. The average molecular weight is 376 g/mol. The van der Waals surface area contributed by atoms with Crippen LogP contribution in [0.3, 0.4) is 0 Å². The van der Waals surface area contributed by atoms with Gasteiger partial charge in [0.2, 0.25) is 5.82 Å². The fourth-order valence-electron chi connectivity index (χ4n) is 2.03. The number of pyridine rings is 1. The minimum Gasteiger partial charge on any atom is -0.260 e. The van der Waals surface area contributed by atoms with Gasteiger partial charge in [0.05, 0.1) is 12.2 Å². The molecule has 1 aromatic heterocycles. The minimum absolute atomic E-state index is 0.0250. The Hall–Kier alpha value is -1.67. The molecule has 2 aromatic rings. The predicted molar refractivity (Wildman–Crippen MR) is 86.2 cm³/mol. The Balaban J connectivity index is 0.00000109. The lowest BCUT2D eigenvalue weighted by atomic mass is 10.3. The van der Waals surface area contributed by atoms with E-state index in [0.29, 0.717) is 17.6 Å². The summed E-state index contributed by atoms with van der Waals surface area (Å²) >= 11 is 0.541. The first-order chi connectivity index (χ1) is 12.0. The molecule has 0 amide bonds. The SMILES string of the molecule is CC.Fc1c(F)c(F)c(SN(Cc2ccccn2)C2CC2)c(F)c1F. The van der Waals surface area contributed by atoms with Crippen molar-refractivity contribution >= 4 is 11.9 Å². The Morgan fingerprint density at radius 3 is 2.00 bits per heavy atom. The monoisotopic (exact) mass is 376 g/mol. The highest BCUT2D eigenvalue weighted by Gasteiger charge is 2.34. The number of aromatic nitrogens is 1. The van der Waals surface area contributed by atoms with Crippen LogP contribution in [0.5, 0.6) is 0 Å². The van der Waals surface area contributed by atoms with E-state index in [2.05, 4.69) is 4.98 Å². The molecule has 8 heteroatoms. The third-order valence-corrected chi connectivity index (χ3v) is 4.58. The highest BCUT2D eigenvalue weighted by molar-refractivity contribution is 7.97. The van der Waals surface area contributed by atoms with Crippen molar-refractivity contribution in [2.45, 2.75) is 44.2 Å². The van der Waals surface area contributed by atoms with Crippen molar-refractivity contribution in [2.75, 3.05) is 0 Å². The zero-order valence-corrected chi connectivity index (χ0v) is 14.5. The van der Waals surface area contributed by atoms with E-state index in [1.54, 1.807) is 28.7 Å². The second-order valence-electron chi connectivity index (χ2n) is 5.12. The van der Waals surface area contributed by atoms with Gasteiger partial charge in [-0.2, -0.15) is 0 Å². The molecular weight excluding hydrogens is 359 g/mol. The number of nitrogens with zero attached hydrogens (tertiary/aromatic N) is 2. The van der Waals surface area contributed by atoms with Crippen LogP contribution in [0.25, 0.3) is 0 Å². The summed E-state index contributed by atoms with van der Waals surface area (Å²) in [6.45, 7) is 4.25. The van der Waals surface area contributed by atoms with E-state index in [9.17, 15) is 22.0 Å². The largest absolute Gasteiger partial charge is 0.260 e. The molecule has 25 heavy (non-hydrogen) atoms. The number of benzene rings is 1. The summed E-state index contributed by atoms with van der Waals surface area (Å²) in [4.78, 5) is 3.23. The topological polar surface area (TPSA) is 16.1 Å². The van der Waals surface area contributed by atoms with Crippen LogP contribution in [-0.2, 0) is 6.54 Å². The predicted octanol–water partition coefficient (Wildman–Crippen LogP) is 5.48. The van der Waals surface area contributed by atoms with E-state index < -0.39 is 34.0 Å². The highest BCUT2D eigenvalue weighted by Crippen LogP contribution is 2.40. The summed E-state index contributed by atoms with van der Waals surface area (Å²) < 4.78 is 68.9. The molecule has 3 rings (SSSR count). The van der Waals surface area contributed by atoms with Gasteiger partial charge >= 0.3 is 0 Å². The van der Waals surface area contributed by atoms with Gasteiger partial charge in [-0.3, -0.25) is 4.98 Å². The van der Waals surface area contributed by atoms with Gasteiger partial charge in [0.1, 0.15) is 4.90 Å². The Labute approximate surface area is 147 Å².